The first kappa shape index (κ1) is 22.5. The van der Waals surface area contributed by atoms with Crippen molar-refractivity contribution < 1.29 is 29.3 Å². The molecule has 9 nitrogen and oxygen atoms in total. The van der Waals surface area contributed by atoms with E-state index in [0.717, 1.165) is 0 Å². The molecule has 3 aromatic carbocycles. The minimum absolute atomic E-state index is 0.00624. The summed E-state index contributed by atoms with van der Waals surface area (Å²) in [6.45, 7) is 0. The van der Waals surface area contributed by atoms with E-state index in [1.807, 2.05) is 0 Å². The number of carboxylic acid groups (broad SMARTS) is 2. The van der Waals surface area contributed by atoms with E-state index in [1.54, 1.807) is 36.4 Å². The smallest absolute Gasteiger partial charge is 0.337 e. The summed E-state index contributed by atoms with van der Waals surface area (Å²) in [4.78, 5) is 35.5. The van der Waals surface area contributed by atoms with Crippen molar-refractivity contribution in [2.24, 2.45) is 10.2 Å². The molecule has 0 saturated heterocycles. The van der Waals surface area contributed by atoms with E-state index in [4.69, 9.17) is 4.42 Å². The molecule has 0 atom stereocenters. The Kier molecular flexibility index (Phi) is 5.50. The third-order valence-corrected chi connectivity index (χ3v) is 5.62. The second kappa shape index (κ2) is 8.80. The van der Waals surface area contributed by atoms with Crippen LogP contribution < -0.4 is 5.43 Å². The highest BCUT2D eigenvalue weighted by molar-refractivity contribution is 6.08. The highest BCUT2D eigenvalue weighted by atomic mass is 16.4. The van der Waals surface area contributed by atoms with Gasteiger partial charge < -0.3 is 19.7 Å². The topological polar surface area (TPSA) is 150 Å². The molecule has 0 fully saturated rings. The van der Waals surface area contributed by atoms with Crippen molar-refractivity contribution in [3.8, 4) is 28.2 Å². The van der Waals surface area contributed by atoms with E-state index < -0.39 is 11.9 Å². The molecular weight excluding hydrogens is 464 g/mol. The first-order valence-electron chi connectivity index (χ1n) is 10.6. The van der Waals surface area contributed by atoms with Crippen LogP contribution >= 0.6 is 0 Å². The van der Waals surface area contributed by atoms with Gasteiger partial charge >= 0.3 is 11.9 Å². The summed E-state index contributed by atoms with van der Waals surface area (Å²) in [6, 6.07) is 19.4. The van der Waals surface area contributed by atoms with Crippen molar-refractivity contribution in [2.45, 2.75) is 0 Å². The Hall–Kier alpha value is -5.31. The number of aromatic carboxylic acids is 2. The maximum Gasteiger partial charge on any atom is 0.337 e. The zero-order valence-corrected chi connectivity index (χ0v) is 18.4. The van der Waals surface area contributed by atoms with Crippen molar-refractivity contribution in [1.29, 1.82) is 0 Å². The summed E-state index contributed by atoms with van der Waals surface area (Å²) in [5, 5.41) is 38.3. The molecule has 2 aliphatic rings. The second-order valence-corrected chi connectivity index (χ2v) is 7.85. The minimum Gasteiger partial charge on any atom is -0.505 e. The molecule has 0 amide bonds. The Labute approximate surface area is 202 Å². The van der Waals surface area contributed by atoms with E-state index in [1.165, 1.54) is 42.5 Å². The van der Waals surface area contributed by atoms with Crippen LogP contribution in [0.2, 0.25) is 0 Å². The van der Waals surface area contributed by atoms with Crippen LogP contribution in [0.25, 0.3) is 33.4 Å². The normalized spacial score (nSPS) is 11.3. The number of benzene rings is 4. The van der Waals surface area contributed by atoms with Gasteiger partial charge in [0, 0.05) is 28.6 Å². The van der Waals surface area contributed by atoms with Gasteiger partial charge in [0.1, 0.15) is 28.5 Å². The summed E-state index contributed by atoms with van der Waals surface area (Å²) in [5.74, 6) is -2.41. The number of hydrogen-bond acceptors (Lipinski definition) is 7. The van der Waals surface area contributed by atoms with Crippen molar-refractivity contribution in [2.75, 3.05) is 0 Å². The molecule has 1 aliphatic carbocycles. The first-order valence-corrected chi connectivity index (χ1v) is 10.6. The monoisotopic (exact) mass is 480 g/mol. The zero-order valence-electron chi connectivity index (χ0n) is 18.4. The zero-order chi connectivity index (χ0) is 25.4. The lowest BCUT2D eigenvalue weighted by Gasteiger charge is -2.17. The fraction of sp³-hybridized carbons (Fsp3) is 0. The lowest BCUT2D eigenvalue weighted by atomic mass is 9.90. The number of fused-ring (bicyclic) bond motifs is 2. The predicted molar refractivity (Wildman–Crippen MR) is 131 cm³/mol. The standard InChI is InChI=1S/C27H16N2O7/c30-14-9-10-18-23(11-14)36-24-13-22(31)21(29-28-20-8-4-3-7-17(20)27(34)35)12-19(24)25(18)15-5-1-2-6-16(15)26(32)33/h1-13,31H,(H,32,33)(H,34,35). The molecule has 1 aliphatic heterocycles. The minimum atomic E-state index is -1.18. The quantitative estimate of drug-likeness (QED) is 0.204. The lowest BCUT2D eigenvalue weighted by Crippen LogP contribution is -2.03. The van der Waals surface area contributed by atoms with Gasteiger partial charge in [-0.1, -0.05) is 30.3 Å². The molecule has 176 valence electrons. The van der Waals surface area contributed by atoms with Crippen LogP contribution in [0.4, 0.5) is 11.4 Å². The number of phenolic OH excluding ortho intramolecular Hbond substituents is 1. The van der Waals surface area contributed by atoms with Crippen LogP contribution in [0.5, 0.6) is 5.75 Å². The molecule has 9 heteroatoms. The Morgan fingerprint density at radius 1 is 0.722 bits per heavy atom. The van der Waals surface area contributed by atoms with Gasteiger partial charge in [-0.05, 0) is 42.0 Å². The summed E-state index contributed by atoms with van der Waals surface area (Å²) >= 11 is 0. The van der Waals surface area contributed by atoms with Gasteiger partial charge in [-0.3, -0.25) is 4.79 Å². The van der Waals surface area contributed by atoms with Crippen LogP contribution in [-0.2, 0) is 0 Å². The highest BCUT2D eigenvalue weighted by Crippen LogP contribution is 2.44. The molecule has 5 rings (SSSR count). The van der Waals surface area contributed by atoms with E-state index in [-0.39, 0.29) is 45.0 Å². The Morgan fingerprint density at radius 2 is 1.39 bits per heavy atom. The second-order valence-electron chi connectivity index (χ2n) is 7.85. The van der Waals surface area contributed by atoms with Gasteiger partial charge in [0.15, 0.2) is 5.43 Å². The SMILES string of the molecule is O=C(O)c1ccccc1N=Nc1cc2c(-c3ccccc3C(=O)O)c3ccc(=O)cc-3oc2cc1O. The lowest BCUT2D eigenvalue weighted by molar-refractivity contribution is 0.0687. The Morgan fingerprint density at radius 3 is 2.14 bits per heavy atom. The van der Waals surface area contributed by atoms with Gasteiger partial charge in [0.2, 0.25) is 0 Å². The molecular formula is C27H16N2O7. The molecule has 0 aromatic heterocycles. The van der Waals surface area contributed by atoms with Crippen LogP contribution in [0.3, 0.4) is 0 Å². The van der Waals surface area contributed by atoms with Crippen LogP contribution in [0.1, 0.15) is 20.7 Å². The van der Waals surface area contributed by atoms with Crippen LogP contribution in [0.15, 0.2) is 98.3 Å². The van der Waals surface area contributed by atoms with Crippen LogP contribution in [-0.4, -0.2) is 27.3 Å². The van der Waals surface area contributed by atoms with Gasteiger partial charge in [0.05, 0.1) is 11.1 Å². The number of rotatable bonds is 5. The summed E-state index contributed by atoms with van der Waals surface area (Å²) < 4.78 is 5.88. The van der Waals surface area contributed by atoms with Gasteiger partial charge in [-0.25, -0.2) is 9.59 Å². The third kappa shape index (κ3) is 3.94. The first-order chi connectivity index (χ1) is 17.3. The molecule has 3 N–H and O–H groups in total. The Bertz CT molecular complexity index is 1740. The number of carboxylic acids is 2. The van der Waals surface area contributed by atoms with E-state index in [2.05, 4.69) is 10.2 Å². The number of aromatic hydroxyl groups is 1. The maximum atomic E-state index is 12.0. The number of hydrogen-bond donors (Lipinski definition) is 3. The van der Waals surface area contributed by atoms with E-state index >= 15 is 0 Å². The van der Waals surface area contributed by atoms with Gasteiger partial charge in [-0.2, -0.15) is 0 Å². The van der Waals surface area contributed by atoms with Crippen molar-refractivity contribution in [3.05, 3.63) is 100 Å². The summed E-state index contributed by atoms with van der Waals surface area (Å²) in [6.07, 6.45) is 0. The van der Waals surface area contributed by atoms with Crippen LogP contribution in [0, 0.1) is 0 Å². The van der Waals surface area contributed by atoms with Crippen molar-refractivity contribution in [1.82, 2.24) is 0 Å². The number of phenols is 1. The van der Waals surface area contributed by atoms with Gasteiger partial charge in [-0.15, -0.1) is 10.2 Å². The highest BCUT2D eigenvalue weighted by Gasteiger charge is 2.22. The molecule has 0 bridgehead atoms. The molecule has 3 aromatic rings. The molecule has 36 heavy (non-hydrogen) atoms. The molecule has 0 radical (unpaired) electrons. The van der Waals surface area contributed by atoms with Crippen molar-refractivity contribution in [3.63, 3.8) is 0 Å². The predicted octanol–water partition coefficient (Wildman–Crippen LogP) is 6.08. The summed E-state index contributed by atoms with van der Waals surface area (Å²) in [7, 11) is 0. The van der Waals surface area contributed by atoms with Gasteiger partial charge in [0.25, 0.3) is 0 Å². The Balaban J connectivity index is 1.80. The average Bonchev–Trinajstić information content (AvgIpc) is 2.86. The van der Waals surface area contributed by atoms with Crippen molar-refractivity contribution >= 4 is 34.3 Å². The molecule has 0 spiro atoms. The fourth-order valence-electron chi connectivity index (χ4n) is 4.00. The molecule has 0 saturated carbocycles. The number of carbonyl (C=O) groups is 2. The average molecular weight is 480 g/mol. The summed E-state index contributed by atoms with van der Waals surface area (Å²) in [5.41, 5.74) is 1.28. The largest absolute Gasteiger partial charge is 0.505 e. The molecule has 0 unspecified atom stereocenters. The number of nitrogens with zero attached hydrogens (tertiary/aromatic N) is 2. The third-order valence-electron chi connectivity index (χ3n) is 5.62. The fourth-order valence-corrected chi connectivity index (χ4v) is 4.00. The van der Waals surface area contributed by atoms with E-state index in [9.17, 15) is 29.7 Å². The molecule has 1 heterocycles. The number of azo groups is 1. The van der Waals surface area contributed by atoms with E-state index in [0.29, 0.717) is 22.1 Å². The maximum absolute atomic E-state index is 12.0.